The van der Waals surface area contributed by atoms with Crippen LogP contribution in [0.5, 0.6) is 0 Å². The Balaban J connectivity index is 0. The number of rotatable bonds is 0. The Morgan fingerprint density at radius 1 is 1.17 bits per heavy atom. The molecule has 0 radical (unpaired) electrons. The van der Waals surface area contributed by atoms with Crippen molar-refractivity contribution < 1.29 is 26.2 Å². The minimum atomic E-state index is 0. The first-order valence-corrected chi connectivity index (χ1v) is 5.83. The standard InChI is InChI=1S/C10H13.C5H5.2ClH.Zr/c1-8-6-7-9-4-2-3-5-10(8)9;1-2-4-5-3-1;;;/h6-7H,2-5H2,1H3;1-3H,4H2;2*1H;/q2*-1;;;+2. The first-order chi connectivity index (χ1) is 7.38. The third-order valence-electron chi connectivity index (χ3n) is 3.11. The molecule has 0 fully saturated rings. The first-order valence-electron chi connectivity index (χ1n) is 5.83. The number of hydrogen-bond acceptors (Lipinski definition) is 0. The second-order valence-electron chi connectivity index (χ2n) is 4.23. The fourth-order valence-corrected chi connectivity index (χ4v) is 2.23. The molecule has 0 spiro atoms. The Bertz CT molecular complexity index is 368. The van der Waals surface area contributed by atoms with Crippen molar-refractivity contribution in [3.63, 3.8) is 0 Å². The van der Waals surface area contributed by atoms with Crippen molar-refractivity contribution in [1.29, 1.82) is 0 Å². The van der Waals surface area contributed by atoms with E-state index < -0.39 is 0 Å². The summed E-state index contributed by atoms with van der Waals surface area (Å²) in [6, 6.07) is 4.56. The normalized spacial score (nSPS) is 14.3. The molecule has 0 aromatic heterocycles. The molecule has 0 heterocycles. The van der Waals surface area contributed by atoms with Crippen molar-refractivity contribution >= 4 is 24.8 Å². The SMILES string of the molecule is C[c-]1ccc2c1CCCC2.Cl.Cl.[C-]1=CC=CC1.[Zr+2]. The summed E-state index contributed by atoms with van der Waals surface area (Å²) in [5.74, 6) is 0. The van der Waals surface area contributed by atoms with E-state index in [9.17, 15) is 0 Å². The summed E-state index contributed by atoms with van der Waals surface area (Å²) >= 11 is 0. The maximum atomic E-state index is 2.99. The molecule has 2 aliphatic rings. The second kappa shape index (κ2) is 11.1. The largest absolute Gasteiger partial charge is 2.00 e. The van der Waals surface area contributed by atoms with Crippen LogP contribution in [0, 0.1) is 13.0 Å². The van der Waals surface area contributed by atoms with Gasteiger partial charge >= 0.3 is 26.2 Å². The summed E-state index contributed by atoms with van der Waals surface area (Å²) in [7, 11) is 0. The average Bonchev–Trinajstić information content (AvgIpc) is 2.92. The van der Waals surface area contributed by atoms with Crippen LogP contribution >= 0.6 is 24.8 Å². The predicted octanol–water partition coefficient (Wildman–Crippen LogP) is 4.74. The van der Waals surface area contributed by atoms with Gasteiger partial charge in [-0.25, -0.2) is 18.2 Å². The van der Waals surface area contributed by atoms with Crippen molar-refractivity contribution in [3.05, 3.63) is 53.1 Å². The number of hydrogen-bond donors (Lipinski definition) is 0. The molecule has 18 heavy (non-hydrogen) atoms. The number of fused-ring (bicyclic) bond motifs is 1. The summed E-state index contributed by atoms with van der Waals surface area (Å²) in [4.78, 5) is 0. The Labute approximate surface area is 142 Å². The van der Waals surface area contributed by atoms with Crippen molar-refractivity contribution in [3.8, 4) is 0 Å². The molecule has 0 saturated carbocycles. The van der Waals surface area contributed by atoms with E-state index in [0.29, 0.717) is 0 Å². The van der Waals surface area contributed by atoms with Crippen LogP contribution in [0.2, 0.25) is 0 Å². The van der Waals surface area contributed by atoms with Crippen molar-refractivity contribution in [2.45, 2.75) is 39.0 Å². The van der Waals surface area contributed by atoms with Gasteiger partial charge in [-0.1, -0.05) is 32.6 Å². The van der Waals surface area contributed by atoms with E-state index in [4.69, 9.17) is 0 Å². The van der Waals surface area contributed by atoms with Crippen LogP contribution in [0.25, 0.3) is 0 Å². The Morgan fingerprint density at radius 3 is 2.39 bits per heavy atom. The van der Waals surface area contributed by atoms with Crippen LogP contribution in [-0.4, -0.2) is 0 Å². The fraction of sp³-hybridized carbons (Fsp3) is 0.400. The molecule has 0 amide bonds. The molecular formula is C15H20Cl2Zr. The van der Waals surface area contributed by atoms with Crippen molar-refractivity contribution in [2.24, 2.45) is 0 Å². The van der Waals surface area contributed by atoms with Gasteiger partial charge < -0.3 is 0 Å². The summed E-state index contributed by atoms with van der Waals surface area (Å²) in [5.41, 5.74) is 4.77. The predicted molar refractivity (Wildman–Crippen MR) is 79.5 cm³/mol. The fourth-order valence-electron chi connectivity index (χ4n) is 2.23. The van der Waals surface area contributed by atoms with E-state index >= 15 is 0 Å². The minimum absolute atomic E-state index is 0. The molecule has 0 atom stereocenters. The summed E-state index contributed by atoms with van der Waals surface area (Å²) < 4.78 is 0. The van der Waals surface area contributed by atoms with Gasteiger partial charge in [0.1, 0.15) is 0 Å². The number of aryl methyl sites for hydroxylation is 2. The van der Waals surface area contributed by atoms with Crippen molar-refractivity contribution in [2.75, 3.05) is 0 Å². The molecule has 0 saturated heterocycles. The van der Waals surface area contributed by atoms with Crippen LogP contribution in [-0.2, 0) is 39.0 Å². The zero-order valence-corrected chi connectivity index (χ0v) is 14.8. The maximum absolute atomic E-state index is 2.99. The maximum Gasteiger partial charge on any atom is 2.00 e. The van der Waals surface area contributed by atoms with Crippen LogP contribution in [0.15, 0.2) is 30.4 Å². The summed E-state index contributed by atoms with van der Waals surface area (Å²) in [6.45, 7) is 2.23. The topological polar surface area (TPSA) is 0 Å². The molecular weight excluding hydrogens is 342 g/mol. The molecule has 0 aliphatic heterocycles. The molecule has 0 bridgehead atoms. The second-order valence-corrected chi connectivity index (χ2v) is 4.23. The van der Waals surface area contributed by atoms with E-state index in [2.05, 4.69) is 31.2 Å². The van der Waals surface area contributed by atoms with Gasteiger partial charge in [-0.2, -0.15) is 28.8 Å². The summed E-state index contributed by atoms with van der Waals surface area (Å²) in [5, 5.41) is 0. The Kier molecular flexibility index (Phi) is 12.8. The van der Waals surface area contributed by atoms with Gasteiger partial charge in [-0.05, 0) is 0 Å². The van der Waals surface area contributed by atoms with E-state index in [-0.39, 0.29) is 51.0 Å². The van der Waals surface area contributed by atoms with Crippen LogP contribution in [0.4, 0.5) is 0 Å². The average molecular weight is 362 g/mol. The van der Waals surface area contributed by atoms with Gasteiger partial charge in [0.05, 0.1) is 0 Å². The Hall–Kier alpha value is 0.293. The molecule has 0 N–H and O–H groups in total. The zero-order chi connectivity index (χ0) is 10.5. The monoisotopic (exact) mass is 360 g/mol. The van der Waals surface area contributed by atoms with Gasteiger partial charge in [0, 0.05) is 0 Å². The molecule has 1 aromatic rings. The smallest absolute Gasteiger partial charge is 0.273 e. The zero-order valence-electron chi connectivity index (χ0n) is 10.7. The van der Waals surface area contributed by atoms with Crippen molar-refractivity contribution in [1.82, 2.24) is 0 Å². The number of allylic oxidation sites excluding steroid dienone is 4. The summed E-state index contributed by atoms with van der Waals surface area (Å²) in [6.07, 6.45) is 15.5. The van der Waals surface area contributed by atoms with Gasteiger partial charge in [-0.3, -0.25) is 6.08 Å². The van der Waals surface area contributed by atoms with Crippen LogP contribution in [0.1, 0.15) is 36.0 Å². The van der Waals surface area contributed by atoms with Gasteiger partial charge in [-0.15, -0.1) is 31.2 Å². The van der Waals surface area contributed by atoms with Gasteiger partial charge in [0.15, 0.2) is 0 Å². The van der Waals surface area contributed by atoms with E-state index in [1.54, 1.807) is 11.1 Å². The molecule has 0 unspecified atom stereocenters. The number of halogens is 2. The van der Waals surface area contributed by atoms with Crippen LogP contribution < -0.4 is 0 Å². The molecule has 3 rings (SSSR count). The van der Waals surface area contributed by atoms with E-state index in [1.165, 1.54) is 31.2 Å². The molecule has 1 aromatic carbocycles. The van der Waals surface area contributed by atoms with Gasteiger partial charge in [0.2, 0.25) is 0 Å². The molecule has 0 nitrogen and oxygen atoms in total. The first kappa shape index (κ1) is 20.6. The minimum Gasteiger partial charge on any atom is -0.273 e. The quantitative estimate of drug-likeness (QED) is 0.585. The third-order valence-corrected chi connectivity index (χ3v) is 3.11. The molecule has 98 valence electrons. The Morgan fingerprint density at radius 2 is 1.89 bits per heavy atom. The van der Waals surface area contributed by atoms with E-state index in [1.807, 2.05) is 12.2 Å². The van der Waals surface area contributed by atoms with Gasteiger partial charge in [0.25, 0.3) is 0 Å². The van der Waals surface area contributed by atoms with E-state index in [0.717, 1.165) is 6.42 Å². The van der Waals surface area contributed by atoms with Crippen LogP contribution in [0.3, 0.4) is 0 Å². The third kappa shape index (κ3) is 5.96. The molecule has 2 aliphatic carbocycles. The molecule has 3 heteroatoms.